The molecular weight excluding hydrogens is 232 g/mol. The highest BCUT2D eigenvalue weighted by atomic mass is 16.6. The molecule has 0 aliphatic rings. The van der Waals surface area contributed by atoms with Crippen molar-refractivity contribution < 1.29 is 4.92 Å². The van der Waals surface area contributed by atoms with Crippen molar-refractivity contribution in [3.05, 3.63) is 58.0 Å². The van der Waals surface area contributed by atoms with Gasteiger partial charge in [0.15, 0.2) is 0 Å². The lowest BCUT2D eigenvalue weighted by Crippen LogP contribution is -2.04. The summed E-state index contributed by atoms with van der Waals surface area (Å²) in [5.41, 5.74) is 1.77. The minimum Gasteiger partial charge on any atom is -0.366 e. The van der Waals surface area contributed by atoms with Crippen molar-refractivity contribution >= 4 is 11.5 Å². The molecule has 0 spiro atoms. The van der Waals surface area contributed by atoms with Gasteiger partial charge in [-0.15, -0.1) is 0 Å². The second-order valence-electron chi connectivity index (χ2n) is 3.83. The molecule has 0 aliphatic heterocycles. The van der Waals surface area contributed by atoms with Crippen LogP contribution in [0.4, 0.5) is 11.5 Å². The van der Waals surface area contributed by atoms with Gasteiger partial charge in [0, 0.05) is 25.0 Å². The Hall–Kier alpha value is -2.50. The van der Waals surface area contributed by atoms with Gasteiger partial charge in [0.2, 0.25) is 0 Å². The van der Waals surface area contributed by atoms with Gasteiger partial charge in [0.05, 0.1) is 4.92 Å². The van der Waals surface area contributed by atoms with E-state index in [4.69, 9.17) is 0 Å². The Bertz CT molecular complexity index is 557. The van der Waals surface area contributed by atoms with Crippen LogP contribution in [0, 0.1) is 17.0 Å². The summed E-state index contributed by atoms with van der Waals surface area (Å²) < 4.78 is 0. The van der Waals surface area contributed by atoms with Crippen molar-refractivity contribution in [2.24, 2.45) is 0 Å². The maximum Gasteiger partial charge on any atom is 0.287 e. The van der Waals surface area contributed by atoms with Crippen LogP contribution in [0.1, 0.15) is 11.1 Å². The molecule has 0 fully saturated rings. The number of hydrogen-bond donors (Lipinski definition) is 1. The predicted molar refractivity (Wildman–Crippen MR) is 67.2 cm³/mol. The van der Waals surface area contributed by atoms with Crippen LogP contribution in [0.5, 0.6) is 0 Å². The zero-order chi connectivity index (χ0) is 13.0. The van der Waals surface area contributed by atoms with E-state index in [2.05, 4.69) is 15.3 Å². The Balaban J connectivity index is 2.08. The second-order valence-corrected chi connectivity index (χ2v) is 3.83. The van der Waals surface area contributed by atoms with Crippen LogP contribution in [0.15, 0.2) is 36.8 Å². The van der Waals surface area contributed by atoms with Crippen molar-refractivity contribution in [3.8, 4) is 0 Å². The number of hydrogen-bond acceptors (Lipinski definition) is 5. The molecule has 6 nitrogen and oxygen atoms in total. The standard InChI is InChI=1S/C12H12N4O2/c1-9-5-11(16(17)18)8-15-12(9)14-7-10-3-2-4-13-6-10/h2-6,8H,7H2,1H3,(H,14,15). The second kappa shape index (κ2) is 5.22. The Kier molecular flexibility index (Phi) is 3.47. The first kappa shape index (κ1) is 12.0. The van der Waals surface area contributed by atoms with E-state index in [1.54, 1.807) is 19.3 Å². The van der Waals surface area contributed by atoms with E-state index in [0.717, 1.165) is 11.1 Å². The fourth-order valence-corrected chi connectivity index (χ4v) is 1.53. The van der Waals surface area contributed by atoms with E-state index in [1.165, 1.54) is 12.3 Å². The molecule has 0 unspecified atom stereocenters. The molecule has 0 amide bonds. The van der Waals surface area contributed by atoms with Crippen molar-refractivity contribution in [3.63, 3.8) is 0 Å². The summed E-state index contributed by atoms with van der Waals surface area (Å²) in [4.78, 5) is 18.2. The van der Waals surface area contributed by atoms with Crippen LogP contribution in [0.3, 0.4) is 0 Å². The van der Waals surface area contributed by atoms with Gasteiger partial charge in [-0.2, -0.15) is 0 Å². The molecule has 0 radical (unpaired) electrons. The number of nitro groups is 1. The smallest absolute Gasteiger partial charge is 0.287 e. The van der Waals surface area contributed by atoms with E-state index in [1.807, 2.05) is 12.1 Å². The Morgan fingerprint density at radius 3 is 2.89 bits per heavy atom. The van der Waals surface area contributed by atoms with Gasteiger partial charge >= 0.3 is 0 Å². The van der Waals surface area contributed by atoms with Crippen molar-refractivity contribution in [1.29, 1.82) is 0 Å². The fourth-order valence-electron chi connectivity index (χ4n) is 1.53. The average molecular weight is 244 g/mol. The Morgan fingerprint density at radius 2 is 2.28 bits per heavy atom. The van der Waals surface area contributed by atoms with Gasteiger partial charge in [-0.3, -0.25) is 15.1 Å². The summed E-state index contributed by atoms with van der Waals surface area (Å²) in [6, 6.07) is 5.30. The summed E-state index contributed by atoms with van der Waals surface area (Å²) in [7, 11) is 0. The SMILES string of the molecule is Cc1cc([N+](=O)[O-])cnc1NCc1cccnc1. The molecule has 1 N–H and O–H groups in total. The minimum atomic E-state index is -0.453. The summed E-state index contributed by atoms with van der Waals surface area (Å²) in [5, 5.41) is 13.7. The molecule has 6 heteroatoms. The third-order valence-electron chi connectivity index (χ3n) is 2.46. The number of aromatic nitrogens is 2. The van der Waals surface area contributed by atoms with Crippen LogP contribution < -0.4 is 5.32 Å². The lowest BCUT2D eigenvalue weighted by Gasteiger charge is -2.07. The normalized spacial score (nSPS) is 10.1. The van der Waals surface area contributed by atoms with Gasteiger partial charge < -0.3 is 5.32 Å². The lowest BCUT2D eigenvalue weighted by atomic mass is 10.2. The van der Waals surface area contributed by atoms with Crippen LogP contribution in [0.25, 0.3) is 0 Å². The summed E-state index contributed by atoms with van der Waals surface area (Å²) in [6.45, 7) is 2.37. The molecule has 2 aromatic heterocycles. The van der Waals surface area contributed by atoms with Crippen LogP contribution >= 0.6 is 0 Å². The first-order chi connectivity index (χ1) is 8.66. The monoisotopic (exact) mass is 244 g/mol. The Labute approximate surface area is 104 Å². The van der Waals surface area contributed by atoms with Gasteiger partial charge in [-0.25, -0.2) is 4.98 Å². The summed E-state index contributed by atoms with van der Waals surface area (Å²) in [6.07, 6.45) is 4.71. The quantitative estimate of drug-likeness (QED) is 0.659. The van der Waals surface area contributed by atoms with Gasteiger partial charge in [0.1, 0.15) is 12.0 Å². The van der Waals surface area contributed by atoms with E-state index in [-0.39, 0.29) is 5.69 Å². The molecular formula is C12H12N4O2. The van der Waals surface area contributed by atoms with Gasteiger partial charge in [-0.1, -0.05) is 6.07 Å². The van der Waals surface area contributed by atoms with Crippen molar-refractivity contribution in [1.82, 2.24) is 9.97 Å². The molecule has 0 aromatic carbocycles. The van der Waals surface area contributed by atoms with E-state index in [9.17, 15) is 10.1 Å². The van der Waals surface area contributed by atoms with E-state index in [0.29, 0.717) is 12.4 Å². The van der Waals surface area contributed by atoms with Crippen molar-refractivity contribution in [2.75, 3.05) is 5.32 Å². The van der Waals surface area contributed by atoms with Gasteiger partial charge in [-0.05, 0) is 24.1 Å². The van der Waals surface area contributed by atoms with Crippen LogP contribution in [-0.2, 0) is 6.54 Å². The topological polar surface area (TPSA) is 81.0 Å². The average Bonchev–Trinajstić information content (AvgIpc) is 2.38. The lowest BCUT2D eigenvalue weighted by molar-refractivity contribution is -0.385. The predicted octanol–water partition coefficient (Wildman–Crippen LogP) is 2.31. The zero-order valence-electron chi connectivity index (χ0n) is 9.83. The number of nitrogens with zero attached hydrogens (tertiary/aromatic N) is 3. The van der Waals surface area contributed by atoms with Crippen LogP contribution in [-0.4, -0.2) is 14.9 Å². The highest BCUT2D eigenvalue weighted by molar-refractivity contribution is 5.48. The number of nitrogens with one attached hydrogen (secondary N) is 1. The third kappa shape index (κ3) is 2.79. The highest BCUT2D eigenvalue weighted by Crippen LogP contribution is 2.18. The van der Waals surface area contributed by atoms with Crippen molar-refractivity contribution in [2.45, 2.75) is 13.5 Å². The number of pyridine rings is 2. The fraction of sp³-hybridized carbons (Fsp3) is 0.167. The molecule has 0 saturated carbocycles. The minimum absolute atomic E-state index is 0.000530. The van der Waals surface area contributed by atoms with Gasteiger partial charge in [0.25, 0.3) is 5.69 Å². The molecule has 92 valence electrons. The molecule has 2 aromatic rings. The molecule has 18 heavy (non-hydrogen) atoms. The highest BCUT2D eigenvalue weighted by Gasteiger charge is 2.08. The largest absolute Gasteiger partial charge is 0.366 e. The number of aryl methyl sites for hydroxylation is 1. The molecule has 2 rings (SSSR count). The first-order valence-corrected chi connectivity index (χ1v) is 5.40. The molecule has 2 heterocycles. The van der Waals surface area contributed by atoms with E-state index < -0.39 is 4.92 Å². The number of anilines is 1. The molecule has 0 aliphatic carbocycles. The van der Waals surface area contributed by atoms with E-state index >= 15 is 0 Å². The first-order valence-electron chi connectivity index (χ1n) is 5.40. The maximum absolute atomic E-state index is 10.6. The third-order valence-corrected chi connectivity index (χ3v) is 2.46. The maximum atomic E-state index is 10.6. The van der Waals surface area contributed by atoms with Crippen LogP contribution in [0.2, 0.25) is 0 Å². The zero-order valence-corrected chi connectivity index (χ0v) is 9.83. The summed E-state index contributed by atoms with van der Waals surface area (Å²) in [5.74, 6) is 0.643. The number of rotatable bonds is 4. The molecule has 0 atom stereocenters. The summed E-state index contributed by atoms with van der Waals surface area (Å²) >= 11 is 0. The molecule has 0 saturated heterocycles. The Morgan fingerprint density at radius 1 is 1.44 bits per heavy atom. The molecule has 0 bridgehead atoms.